The summed E-state index contributed by atoms with van der Waals surface area (Å²) in [5, 5.41) is 11.6. The molecule has 2 aliphatic rings. The number of aliphatic imine (C=N–C) groups is 1. The van der Waals surface area contributed by atoms with Crippen molar-refractivity contribution >= 4 is 16.8 Å². The first-order valence-electron chi connectivity index (χ1n) is 7.07. The Morgan fingerprint density at radius 2 is 2.00 bits per heavy atom. The van der Waals surface area contributed by atoms with Crippen molar-refractivity contribution in [1.29, 1.82) is 0 Å². The largest absolute Gasteiger partial charge is 0.370 e. The van der Waals surface area contributed by atoms with Gasteiger partial charge in [-0.05, 0) is 49.7 Å². The zero-order valence-electron chi connectivity index (χ0n) is 11.4. The molecule has 3 N–H and O–H groups in total. The molecule has 1 aliphatic heterocycles. The van der Waals surface area contributed by atoms with Gasteiger partial charge >= 0.3 is 0 Å². The van der Waals surface area contributed by atoms with E-state index < -0.39 is 6.23 Å². The molecule has 1 heterocycles. The van der Waals surface area contributed by atoms with Crippen LogP contribution in [-0.2, 0) is 0 Å². The first-order valence-corrected chi connectivity index (χ1v) is 7.95. The lowest BCUT2D eigenvalue weighted by Crippen LogP contribution is -2.41. The van der Waals surface area contributed by atoms with Crippen LogP contribution in [0.25, 0.3) is 0 Å². The molecule has 0 bridgehead atoms. The van der Waals surface area contributed by atoms with Crippen molar-refractivity contribution in [2.75, 3.05) is 0 Å². The summed E-state index contributed by atoms with van der Waals surface area (Å²) >= 11 is 1.83. The number of nitrogens with zero attached hydrogens (tertiary/aromatic N) is 1. The van der Waals surface area contributed by atoms with Crippen molar-refractivity contribution < 1.29 is 5.11 Å². The zero-order chi connectivity index (χ0) is 13.1. The maximum absolute atomic E-state index is 9.99. The Morgan fingerprint density at radius 3 is 2.67 bits per heavy atom. The predicted octanol–water partition coefficient (Wildman–Crippen LogP) is 2.84. The van der Waals surface area contributed by atoms with Gasteiger partial charge in [-0.15, -0.1) is 11.8 Å². The summed E-state index contributed by atoms with van der Waals surface area (Å²) < 4.78 is 0. The Kier molecular flexibility index (Phi) is 4.87. The Hall–Kier alpha value is -0.320. The minimum atomic E-state index is -0.737. The molecule has 4 heteroatoms. The van der Waals surface area contributed by atoms with Gasteiger partial charge in [0.15, 0.2) is 6.23 Å². The summed E-state index contributed by atoms with van der Waals surface area (Å²) in [6.45, 7) is 4.42. The van der Waals surface area contributed by atoms with Gasteiger partial charge in [-0.2, -0.15) is 0 Å². The first kappa shape index (κ1) is 14.1. The molecular formula is C14H24N2OS. The molecule has 0 aromatic rings. The minimum Gasteiger partial charge on any atom is -0.370 e. The van der Waals surface area contributed by atoms with Crippen molar-refractivity contribution in [3.63, 3.8) is 0 Å². The molecule has 1 aliphatic carbocycles. The third-order valence-electron chi connectivity index (χ3n) is 3.93. The van der Waals surface area contributed by atoms with Crippen molar-refractivity contribution in [3.05, 3.63) is 11.1 Å². The summed E-state index contributed by atoms with van der Waals surface area (Å²) in [4.78, 5) is 4.44. The van der Waals surface area contributed by atoms with Gasteiger partial charge < -0.3 is 10.8 Å². The van der Waals surface area contributed by atoms with Crippen LogP contribution in [-0.4, -0.2) is 27.7 Å². The van der Waals surface area contributed by atoms with Gasteiger partial charge in [0.25, 0.3) is 0 Å². The van der Waals surface area contributed by atoms with E-state index in [1.165, 1.54) is 24.0 Å². The fourth-order valence-electron chi connectivity index (χ4n) is 2.71. The van der Waals surface area contributed by atoms with E-state index >= 15 is 0 Å². The molecule has 0 fully saturated rings. The van der Waals surface area contributed by atoms with Crippen LogP contribution in [0.5, 0.6) is 0 Å². The summed E-state index contributed by atoms with van der Waals surface area (Å²) in [5.74, 6) is 0. The Balaban J connectivity index is 2.22. The van der Waals surface area contributed by atoms with Gasteiger partial charge in [0.1, 0.15) is 0 Å². The fraction of sp³-hybridized carbons (Fsp3) is 0.786. The van der Waals surface area contributed by atoms with Crippen LogP contribution in [0.15, 0.2) is 16.1 Å². The van der Waals surface area contributed by atoms with Crippen LogP contribution < -0.4 is 5.73 Å². The highest BCUT2D eigenvalue weighted by atomic mass is 32.2. The van der Waals surface area contributed by atoms with Crippen LogP contribution in [0.2, 0.25) is 0 Å². The van der Waals surface area contributed by atoms with Crippen LogP contribution in [0.3, 0.4) is 0 Å². The highest BCUT2D eigenvalue weighted by molar-refractivity contribution is 8.15. The van der Waals surface area contributed by atoms with E-state index in [-0.39, 0.29) is 6.04 Å². The molecule has 2 rings (SSSR count). The molecule has 0 saturated heterocycles. The number of dihydropyridines is 1. The second-order valence-electron chi connectivity index (χ2n) is 5.14. The number of nitrogens with two attached hydrogens (primary N) is 1. The van der Waals surface area contributed by atoms with Gasteiger partial charge in [0.2, 0.25) is 0 Å². The monoisotopic (exact) mass is 268 g/mol. The molecule has 0 amide bonds. The quantitative estimate of drug-likeness (QED) is 0.827. The van der Waals surface area contributed by atoms with Gasteiger partial charge in [0, 0.05) is 5.25 Å². The molecule has 2 atom stereocenters. The van der Waals surface area contributed by atoms with Gasteiger partial charge in [-0.3, -0.25) is 0 Å². The Labute approximate surface area is 114 Å². The van der Waals surface area contributed by atoms with E-state index in [1.807, 2.05) is 11.8 Å². The smallest absolute Gasteiger partial charge is 0.165 e. The van der Waals surface area contributed by atoms with Gasteiger partial charge in [0.05, 0.1) is 11.1 Å². The van der Waals surface area contributed by atoms with Crippen molar-refractivity contribution in [2.24, 2.45) is 10.7 Å². The highest BCUT2D eigenvalue weighted by Crippen LogP contribution is 2.37. The molecule has 0 radical (unpaired) electrons. The number of hydrogen-bond acceptors (Lipinski definition) is 4. The van der Waals surface area contributed by atoms with Crippen LogP contribution in [0, 0.1) is 0 Å². The molecule has 18 heavy (non-hydrogen) atoms. The van der Waals surface area contributed by atoms with Crippen LogP contribution >= 0.6 is 11.8 Å². The third-order valence-corrected chi connectivity index (χ3v) is 5.51. The number of aliphatic hydroxyl groups is 1. The van der Waals surface area contributed by atoms with Gasteiger partial charge in [-0.25, -0.2) is 4.99 Å². The number of hydrogen-bond donors (Lipinski definition) is 2. The average molecular weight is 268 g/mol. The second kappa shape index (κ2) is 6.22. The van der Waals surface area contributed by atoms with E-state index in [0.29, 0.717) is 5.25 Å². The van der Waals surface area contributed by atoms with Crippen LogP contribution in [0.1, 0.15) is 52.4 Å². The third kappa shape index (κ3) is 2.81. The van der Waals surface area contributed by atoms with Crippen molar-refractivity contribution in [1.82, 2.24) is 0 Å². The molecule has 102 valence electrons. The highest BCUT2D eigenvalue weighted by Gasteiger charge is 2.31. The summed E-state index contributed by atoms with van der Waals surface area (Å²) in [6, 6.07) is -0.272. The van der Waals surface area contributed by atoms with E-state index in [1.54, 1.807) is 0 Å². The van der Waals surface area contributed by atoms with Gasteiger partial charge in [-0.1, -0.05) is 13.8 Å². The van der Waals surface area contributed by atoms with Crippen molar-refractivity contribution in [2.45, 2.75) is 69.9 Å². The minimum absolute atomic E-state index is 0.272. The van der Waals surface area contributed by atoms with Crippen molar-refractivity contribution in [3.8, 4) is 0 Å². The SMILES string of the molecule is CCC(CC)SC1=NC(O)[C@H](N)C2=C1CCCC2. The second-order valence-corrected chi connectivity index (χ2v) is 6.43. The molecule has 0 aromatic heterocycles. The Morgan fingerprint density at radius 1 is 1.33 bits per heavy atom. The fourth-order valence-corrected chi connectivity index (χ4v) is 3.91. The lowest BCUT2D eigenvalue weighted by molar-refractivity contribution is 0.162. The summed E-state index contributed by atoms with van der Waals surface area (Å²) in [7, 11) is 0. The predicted molar refractivity (Wildman–Crippen MR) is 78.9 cm³/mol. The number of thioether (sulfide) groups is 1. The molecule has 3 nitrogen and oxygen atoms in total. The summed E-state index contributed by atoms with van der Waals surface area (Å²) in [6.07, 6.45) is 6.10. The first-order chi connectivity index (χ1) is 8.67. The molecule has 0 saturated carbocycles. The maximum atomic E-state index is 9.99. The average Bonchev–Trinajstić information content (AvgIpc) is 2.41. The maximum Gasteiger partial charge on any atom is 0.165 e. The van der Waals surface area contributed by atoms with E-state index in [2.05, 4.69) is 18.8 Å². The Bertz CT molecular complexity index is 361. The molecular weight excluding hydrogens is 244 g/mol. The van der Waals surface area contributed by atoms with E-state index in [4.69, 9.17) is 5.73 Å². The summed E-state index contributed by atoms with van der Waals surface area (Å²) in [5.41, 5.74) is 8.67. The van der Waals surface area contributed by atoms with Crippen LogP contribution in [0.4, 0.5) is 0 Å². The lowest BCUT2D eigenvalue weighted by atomic mass is 9.86. The number of rotatable bonds is 3. The molecule has 0 spiro atoms. The zero-order valence-corrected chi connectivity index (χ0v) is 12.2. The lowest BCUT2D eigenvalue weighted by Gasteiger charge is -2.32. The molecule has 0 aromatic carbocycles. The normalized spacial score (nSPS) is 28.4. The molecule has 1 unspecified atom stereocenters. The number of aliphatic hydroxyl groups excluding tert-OH is 1. The topological polar surface area (TPSA) is 58.6 Å². The van der Waals surface area contributed by atoms with E-state index in [9.17, 15) is 5.11 Å². The van der Waals surface area contributed by atoms with E-state index in [0.717, 1.165) is 30.7 Å². The standard InChI is InChI=1S/C14H24N2OS/c1-3-9(4-2)18-14-11-8-6-5-7-10(11)12(15)13(17)16-14/h9,12-13,17H,3-8,15H2,1-2H3/t12-,13?/m1/s1.